The van der Waals surface area contributed by atoms with Crippen LogP contribution in [0.4, 0.5) is 6.01 Å². The molecule has 118 valence electrons. The number of ether oxygens (including phenoxy) is 1. The number of anilines is 1. The molecule has 0 bridgehead atoms. The molecule has 9 heteroatoms. The van der Waals surface area contributed by atoms with Gasteiger partial charge in [0.25, 0.3) is 11.8 Å². The third-order valence-electron chi connectivity index (χ3n) is 2.69. The normalized spacial score (nSPS) is 10.5. The van der Waals surface area contributed by atoms with Crippen LogP contribution in [0.1, 0.15) is 5.01 Å². The fraction of sp³-hybridized carbons (Fsp3) is 0.143. The van der Waals surface area contributed by atoms with Crippen LogP contribution in [0.2, 0.25) is 5.02 Å². The maximum atomic E-state index is 11.8. The molecular formula is C14H11ClN4O3S. The van der Waals surface area contributed by atoms with Gasteiger partial charge in [0, 0.05) is 10.4 Å². The van der Waals surface area contributed by atoms with Crippen LogP contribution in [-0.2, 0) is 4.79 Å². The van der Waals surface area contributed by atoms with Crippen molar-refractivity contribution in [1.82, 2.24) is 15.2 Å². The predicted molar refractivity (Wildman–Crippen MR) is 85.7 cm³/mol. The fourth-order valence-corrected chi connectivity index (χ4v) is 2.39. The van der Waals surface area contributed by atoms with Gasteiger partial charge in [-0.3, -0.25) is 10.1 Å². The lowest BCUT2D eigenvalue weighted by atomic mass is 10.3. The lowest BCUT2D eigenvalue weighted by Crippen LogP contribution is -2.20. The molecule has 0 aliphatic heterocycles. The van der Waals surface area contributed by atoms with E-state index in [2.05, 4.69) is 20.5 Å². The van der Waals surface area contributed by atoms with Crippen molar-refractivity contribution < 1.29 is 13.9 Å². The van der Waals surface area contributed by atoms with Gasteiger partial charge < -0.3 is 9.15 Å². The van der Waals surface area contributed by atoms with Crippen LogP contribution in [0.5, 0.6) is 5.75 Å². The standard InChI is InChI=1S/C14H11ClN4O3S/c1-8-16-11(7-23-8)13-18-19-14(22-13)17-12(20)6-21-10-4-2-9(15)3-5-10/h2-5,7H,6H2,1H3,(H,17,19,20). The Kier molecular flexibility index (Phi) is 4.54. The Hall–Kier alpha value is -2.45. The van der Waals surface area contributed by atoms with E-state index in [9.17, 15) is 4.79 Å². The zero-order valence-electron chi connectivity index (χ0n) is 11.9. The minimum atomic E-state index is -0.412. The third-order valence-corrected chi connectivity index (χ3v) is 3.72. The van der Waals surface area contributed by atoms with Gasteiger partial charge in [0.2, 0.25) is 0 Å². The highest BCUT2D eigenvalue weighted by Gasteiger charge is 2.13. The van der Waals surface area contributed by atoms with Crippen molar-refractivity contribution >= 4 is 34.9 Å². The van der Waals surface area contributed by atoms with Gasteiger partial charge in [0.05, 0.1) is 5.01 Å². The Labute approximate surface area is 140 Å². The van der Waals surface area contributed by atoms with Crippen molar-refractivity contribution in [1.29, 1.82) is 0 Å². The maximum Gasteiger partial charge on any atom is 0.322 e. The van der Waals surface area contributed by atoms with Crippen molar-refractivity contribution in [2.24, 2.45) is 0 Å². The van der Waals surface area contributed by atoms with Crippen LogP contribution in [0.3, 0.4) is 0 Å². The summed E-state index contributed by atoms with van der Waals surface area (Å²) in [6, 6.07) is 6.69. The zero-order chi connectivity index (χ0) is 16.2. The Bertz CT molecular complexity index is 816. The summed E-state index contributed by atoms with van der Waals surface area (Å²) in [6.07, 6.45) is 0. The number of rotatable bonds is 5. The van der Waals surface area contributed by atoms with Gasteiger partial charge in [-0.2, -0.15) is 0 Å². The molecule has 0 atom stereocenters. The van der Waals surface area contributed by atoms with E-state index in [4.69, 9.17) is 20.8 Å². The van der Waals surface area contributed by atoms with E-state index in [0.29, 0.717) is 16.5 Å². The van der Waals surface area contributed by atoms with Gasteiger partial charge in [0.15, 0.2) is 6.61 Å². The van der Waals surface area contributed by atoms with E-state index < -0.39 is 5.91 Å². The first-order chi connectivity index (χ1) is 11.1. The summed E-state index contributed by atoms with van der Waals surface area (Å²) in [5.74, 6) is 0.376. The second-order valence-electron chi connectivity index (χ2n) is 4.45. The molecule has 0 radical (unpaired) electrons. The molecule has 3 rings (SSSR count). The van der Waals surface area contributed by atoms with Gasteiger partial charge in [-0.1, -0.05) is 16.7 Å². The second kappa shape index (κ2) is 6.76. The highest BCUT2D eigenvalue weighted by molar-refractivity contribution is 7.09. The lowest BCUT2D eigenvalue weighted by molar-refractivity contribution is -0.118. The first-order valence-corrected chi connectivity index (χ1v) is 7.80. The fourth-order valence-electron chi connectivity index (χ4n) is 1.67. The number of benzene rings is 1. The number of amides is 1. The number of aryl methyl sites for hydroxylation is 1. The zero-order valence-corrected chi connectivity index (χ0v) is 13.5. The molecule has 2 heterocycles. The monoisotopic (exact) mass is 350 g/mol. The molecule has 1 N–H and O–H groups in total. The van der Waals surface area contributed by atoms with Crippen LogP contribution in [0, 0.1) is 6.92 Å². The number of hydrogen-bond donors (Lipinski definition) is 1. The molecule has 0 saturated carbocycles. The van der Waals surface area contributed by atoms with Gasteiger partial charge in [-0.15, -0.1) is 16.4 Å². The number of aromatic nitrogens is 3. The lowest BCUT2D eigenvalue weighted by Gasteiger charge is -2.04. The molecule has 1 aromatic carbocycles. The predicted octanol–water partition coefficient (Wildman–Crippen LogP) is 3.17. The van der Waals surface area contributed by atoms with Gasteiger partial charge in [-0.25, -0.2) is 4.98 Å². The van der Waals surface area contributed by atoms with E-state index >= 15 is 0 Å². The van der Waals surface area contributed by atoms with E-state index in [1.165, 1.54) is 11.3 Å². The smallest absolute Gasteiger partial charge is 0.322 e. The molecule has 23 heavy (non-hydrogen) atoms. The molecule has 7 nitrogen and oxygen atoms in total. The Balaban J connectivity index is 1.56. The molecule has 0 aliphatic rings. The first kappa shape index (κ1) is 15.4. The summed E-state index contributed by atoms with van der Waals surface area (Å²) in [4.78, 5) is 16.0. The summed E-state index contributed by atoms with van der Waals surface area (Å²) in [6.45, 7) is 1.69. The average Bonchev–Trinajstić information content (AvgIpc) is 3.16. The quantitative estimate of drug-likeness (QED) is 0.760. The summed E-state index contributed by atoms with van der Waals surface area (Å²) in [5, 5.41) is 13.3. The SMILES string of the molecule is Cc1nc(-c2nnc(NC(=O)COc3ccc(Cl)cc3)o2)cs1. The minimum Gasteiger partial charge on any atom is -0.484 e. The highest BCUT2D eigenvalue weighted by atomic mass is 35.5. The average molecular weight is 351 g/mol. The van der Waals surface area contributed by atoms with Gasteiger partial charge in [0.1, 0.15) is 11.4 Å². The summed E-state index contributed by atoms with van der Waals surface area (Å²) in [5.41, 5.74) is 0.581. The molecular weight excluding hydrogens is 340 g/mol. The Morgan fingerprint density at radius 3 is 2.83 bits per heavy atom. The van der Waals surface area contributed by atoms with E-state index in [1.54, 1.807) is 29.6 Å². The summed E-state index contributed by atoms with van der Waals surface area (Å²) in [7, 11) is 0. The van der Waals surface area contributed by atoms with E-state index in [0.717, 1.165) is 5.01 Å². The Morgan fingerprint density at radius 1 is 1.35 bits per heavy atom. The van der Waals surface area contributed by atoms with Crippen molar-refractivity contribution in [3.8, 4) is 17.3 Å². The molecule has 0 unspecified atom stereocenters. The molecule has 1 amide bonds. The topological polar surface area (TPSA) is 90.1 Å². The molecule has 3 aromatic rings. The van der Waals surface area contributed by atoms with Gasteiger partial charge in [-0.05, 0) is 31.2 Å². The van der Waals surface area contributed by atoms with Crippen molar-refractivity contribution in [2.45, 2.75) is 6.92 Å². The van der Waals surface area contributed by atoms with Crippen molar-refractivity contribution in [3.63, 3.8) is 0 Å². The number of thiazole rings is 1. The molecule has 0 aliphatic carbocycles. The number of nitrogens with one attached hydrogen (secondary N) is 1. The van der Waals surface area contributed by atoms with E-state index in [1.807, 2.05) is 6.92 Å². The number of carbonyl (C=O) groups excluding carboxylic acids is 1. The van der Waals surface area contributed by atoms with Crippen LogP contribution in [-0.4, -0.2) is 27.7 Å². The van der Waals surface area contributed by atoms with E-state index in [-0.39, 0.29) is 18.5 Å². The molecule has 0 saturated heterocycles. The second-order valence-corrected chi connectivity index (χ2v) is 5.95. The Morgan fingerprint density at radius 2 is 2.13 bits per heavy atom. The maximum absolute atomic E-state index is 11.8. The number of carbonyl (C=O) groups is 1. The van der Waals surface area contributed by atoms with Crippen LogP contribution in [0.25, 0.3) is 11.6 Å². The number of nitrogens with zero attached hydrogens (tertiary/aromatic N) is 3. The third kappa shape index (κ3) is 4.05. The largest absolute Gasteiger partial charge is 0.484 e. The molecule has 0 spiro atoms. The molecule has 0 fully saturated rings. The number of hydrogen-bond acceptors (Lipinski definition) is 7. The summed E-state index contributed by atoms with van der Waals surface area (Å²) >= 11 is 7.24. The van der Waals surface area contributed by atoms with Crippen molar-refractivity contribution in [3.05, 3.63) is 39.7 Å². The van der Waals surface area contributed by atoms with Crippen LogP contribution >= 0.6 is 22.9 Å². The highest BCUT2D eigenvalue weighted by Crippen LogP contribution is 2.21. The molecule has 2 aromatic heterocycles. The number of halogens is 1. The first-order valence-electron chi connectivity index (χ1n) is 6.54. The summed E-state index contributed by atoms with van der Waals surface area (Å²) < 4.78 is 10.7. The van der Waals surface area contributed by atoms with Crippen LogP contribution < -0.4 is 10.1 Å². The minimum absolute atomic E-state index is 0.00430. The van der Waals surface area contributed by atoms with Gasteiger partial charge >= 0.3 is 6.01 Å². The van der Waals surface area contributed by atoms with Crippen LogP contribution in [0.15, 0.2) is 34.1 Å². The van der Waals surface area contributed by atoms with Crippen molar-refractivity contribution in [2.75, 3.05) is 11.9 Å².